The molecule has 3 N–H and O–H groups in total. The Kier molecular flexibility index (Phi) is 4.57. The third-order valence-electron chi connectivity index (χ3n) is 3.55. The highest BCUT2D eigenvalue weighted by atomic mass is 32.1. The number of rotatable bonds is 5. The Hall–Kier alpha value is -2.73. The summed E-state index contributed by atoms with van der Waals surface area (Å²) in [6.07, 6.45) is 0.934. The number of nitrogen functional groups attached to an aromatic ring is 1. The van der Waals surface area contributed by atoms with Crippen LogP contribution in [-0.2, 0) is 6.42 Å². The van der Waals surface area contributed by atoms with E-state index in [9.17, 15) is 9.18 Å². The Balaban J connectivity index is 1.84. The lowest BCUT2D eigenvalue weighted by molar-refractivity contribution is 0.104. The number of hydrogen-bond acceptors (Lipinski definition) is 5. The zero-order valence-electron chi connectivity index (χ0n) is 13.0. The number of carbonyl (C=O) groups is 1. The number of ketones is 1. The number of benzene rings is 2. The highest BCUT2D eigenvalue weighted by molar-refractivity contribution is 7.18. The first-order valence-corrected chi connectivity index (χ1v) is 8.31. The van der Waals surface area contributed by atoms with Gasteiger partial charge in [-0.05, 0) is 48.4 Å². The standard InChI is InChI=1S/C18H16FN3OS/c1-2-11-4-3-5-14(10-11)21-18-22-17(20)16(24-18)15(23)12-6-8-13(19)9-7-12/h3-10H,2,20H2,1H3,(H,21,22). The van der Waals surface area contributed by atoms with Crippen LogP contribution in [0.15, 0.2) is 48.5 Å². The van der Waals surface area contributed by atoms with Crippen LogP contribution in [0.4, 0.5) is 21.0 Å². The van der Waals surface area contributed by atoms with Crippen LogP contribution in [0.25, 0.3) is 0 Å². The molecular weight excluding hydrogens is 325 g/mol. The van der Waals surface area contributed by atoms with Crippen molar-refractivity contribution < 1.29 is 9.18 Å². The van der Waals surface area contributed by atoms with Crippen LogP contribution in [0.1, 0.15) is 27.7 Å². The van der Waals surface area contributed by atoms with Crippen LogP contribution in [0.5, 0.6) is 0 Å². The normalized spacial score (nSPS) is 10.6. The SMILES string of the molecule is CCc1cccc(Nc2nc(N)c(C(=O)c3ccc(F)cc3)s2)c1. The molecule has 0 aliphatic carbocycles. The van der Waals surface area contributed by atoms with Gasteiger partial charge >= 0.3 is 0 Å². The second-order valence-corrected chi connectivity index (χ2v) is 6.25. The number of nitrogens with one attached hydrogen (secondary N) is 1. The van der Waals surface area contributed by atoms with E-state index in [1.807, 2.05) is 24.3 Å². The van der Waals surface area contributed by atoms with Crippen molar-refractivity contribution >= 4 is 33.8 Å². The lowest BCUT2D eigenvalue weighted by atomic mass is 10.1. The smallest absolute Gasteiger partial charge is 0.206 e. The predicted molar refractivity (Wildman–Crippen MR) is 95.5 cm³/mol. The summed E-state index contributed by atoms with van der Waals surface area (Å²) in [4.78, 5) is 17.0. The summed E-state index contributed by atoms with van der Waals surface area (Å²) in [5.74, 6) is -0.481. The van der Waals surface area contributed by atoms with E-state index in [4.69, 9.17) is 5.73 Å². The van der Waals surface area contributed by atoms with Crippen LogP contribution in [0, 0.1) is 5.82 Å². The van der Waals surface area contributed by atoms with Crippen molar-refractivity contribution in [3.05, 3.63) is 70.4 Å². The van der Waals surface area contributed by atoms with Crippen molar-refractivity contribution in [1.82, 2.24) is 4.98 Å². The monoisotopic (exact) mass is 341 g/mol. The summed E-state index contributed by atoms with van der Waals surface area (Å²) in [7, 11) is 0. The topological polar surface area (TPSA) is 68.0 Å². The van der Waals surface area contributed by atoms with Gasteiger partial charge in [0.15, 0.2) is 5.13 Å². The zero-order chi connectivity index (χ0) is 17.1. The Morgan fingerprint density at radius 1 is 1.25 bits per heavy atom. The fourth-order valence-electron chi connectivity index (χ4n) is 2.27. The van der Waals surface area contributed by atoms with Crippen LogP contribution in [0.2, 0.25) is 0 Å². The lowest BCUT2D eigenvalue weighted by Gasteiger charge is -2.04. The molecule has 1 heterocycles. The van der Waals surface area contributed by atoms with Crippen molar-refractivity contribution in [2.75, 3.05) is 11.1 Å². The van der Waals surface area contributed by atoms with Crippen molar-refractivity contribution in [2.24, 2.45) is 0 Å². The van der Waals surface area contributed by atoms with Gasteiger partial charge in [0, 0.05) is 11.3 Å². The second-order valence-electron chi connectivity index (χ2n) is 5.25. The van der Waals surface area contributed by atoms with E-state index in [1.54, 1.807) is 0 Å². The fourth-order valence-corrected chi connectivity index (χ4v) is 3.14. The Labute approximate surface area is 143 Å². The molecule has 0 saturated heterocycles. The maximum atomic E-state index is 13.0. The van der Waals surface area contributed by atoms with Gasteiger partial charge in [-0.15, -0.1) is 0 Å². The number of nitrogens with zero attached hydrogens (tertiary/aromatic N) is 1. The summed E-state index contributed by atoms with van der Waals surface area (Å²) < 4.78 is 13.0. The number of carbonyl (C=O) groups excluding carboxylic acids is 1. The number of thiazole rings is 1. The van der Waals surface area contributed by atoms with Crippen LogP contribution in [-0.4, -0.2) is 10.8 Å². The quantitative estimate of drug-likeness (QED) is 0.675. The molecule has 2 aromatic carbocycles. The Morgan fingerprint density at radius 2 is 2.00 bits per heavy atom. The molecule has 0 bridgehead atoms. The highest BCUT2D eigenvalue weighted by Gasteiger charge is 2.18. The van der Waals surface area contributed by atoms with Gasteiger partial charge in [0.05, 0.1) is 0 Å². The van der Waals surface area contributed by atoms with Crippen molar-refractivity contribution in [3.63, 3.8) is 0 Å². The van der Waals surface area contributed by atoms with Crippen molar-refractivity contribution in [1.29, 1.82) is 0 Å². The summed E-state index contributed by atoms with van der Waals surface area (Å²) in [6.45, 7) is 2.08. The van der Waals surface area contributed by atoms with Gasteiger partial charge in [-0.2, -0.15) is 0 Å². The molecule has 4 nitrogen and oxygen atoms in total. The van der Waals surface area contributed by atoms with Gasteiger partial charge in [0.25, 0.3) is 0 Å². The first-order chi connectivity index (χ1) is 11.6. The van der Waals surface area contributed by atoms with E-state index in [-0.39, 0.29) is 17.4 Å². The molecule has 24 heavy (non-hydrogen) atoms. The molecule has 0 atom stereocenters. The molecular formula is C18H16FN3OS. The minimum Gasteiger partial charge on any atom is -0.382 e. The molecule has 0 spiro atoms. The van der Waals surface area contributed by atoms with Crippen LogP contribution < -0.4 is 11.1 Å². The second kappa shape index (κ2) is 6.80. The van der Waals surface area contributed by atoms with Gasteiger partial charge in [-0.1, -0.05) is 30.4 Å². The molecule has 122 valence electrons. The number of nitrogens with two attached hydrogens (primary N) is 1. The molecule has 1 aromatic heterocycles. The fraction of sp³-hybridized carbons (Fsp3) is 0.111. The Bertz CT molecular complexity index is 874. The van der Waals surface area contributed by atoms with Gasteiger partial charge < -0.3 is 11.1 Å². The molecule has 3 aromatic rings. The van der Waals surface area contributed by atoms with E-state index in [0.29, 0.717) is 15.6 Å². The molecule has 0 saturated carbocycles. The largest absolute Gasteiger partial charge is 0.382 e. The summed E-state index contributed by atoms with van der Waals surface area (Å²) in [5.41, 5.74) is 8.36. The molecule has 0 radical (unpaired) electrons. The average molecular weight is 341 g/mol. The number of halogens is 1. The highest BCUT2D eigenvalue weighted by Crippen LogP contribution is 2.30. The van der Waals surface area contributed by atoms with Gasteiger partial charge in [-0.3, -0.25) is 4.79 Å². The minimum absolute atomic E-state index is 0.170. The average Bonchev–Trinajstić information content (AvgIpc) is 2.95. The Morgan fingerprint density at radius 3 is 2.71 bits per heavy atom. The van der Waals surface area contributed by atoms with E-state index < -0.39 is 0 Å². The molecule has 0 aliphatic rings. The lowest BCUT2D eigenvalue weighted by Crippen LogP contribution is -2.02. The molecule has 0 amide bonds. The van der Waals surface area contributed by atoms with Crippen LogP contribution >= 0.6 is 11.3 Å². The van der Waals surface area contributed by atoms with E-state index >= 15 is 0 Å². The number of aromatic nitrogens is 1. The third kappa shape index (κ3) is 3.44. The molecule has 0 aliphatic heterocycles. The zero-order valence-corrected chi connectivity index (χ0v) is 13.9. The predicted octanol–water partition coefficient (Wildman–Crippen LogP) is 4.40. The van der Waals surface area contributed by atoms with E-state index in [2.05, 4.69) is 17.2 Å². The molecule has 3 rings (SSSR count). The molecule has 0 fully saturated rings. The van der Waals surface area contributed by atoms with E-state index in [0.717, 1.165) is 12.1 Å². The first-order valence-electron chi connectivity index (χ1n) is 7.49. The first kappa shape index (κ1) is 16.1. The third-order valence-corrected chi connectivity index (χ3v) is 4.54. The van der Waals surface area contributed by atoms with Gasteiger partial charge in [-0.25, -0.2) is 9.37 Å². The number of aryl methyl sites for hydroxylation is 1. The van der Waals surface area contributed by atoms with Crippen molar-refractivity contribution in [2.45, 2.75) is 13.3 Å². The summed E-state index contributed by atoms with van der Waals surface area (Å²) in [5, 5.41) is 3.72. The molecule has 0 unspecified atom stereocenters. The van der Waals surface area contributed by atoms with Crippen molar-refractivity contribution in [3.8, 4) is 0 Å². The number of hydrogen-bond donors (Lipinski definition) is 2. The maximum Gasteiger partial charge on any atom is 0.206 e. The maximum absolute atomic E-state index is 13.0. The minimum atomic E-state index is -0.387. The van der Waals surface area contributed by atoms with Gasteiger partial charge in [0.1, 0.15) is 16.5 Å². The summed E-state index contributed by atoms with van der Waals surface area (Å²) in [6, 6.07) is 13.3. The summed E-state index contributed by atoms with van der Waals surface area (Å²) >= 11 is 1.18. The molecule has 6 heteroatoms. The van der Waals surface area contributed by atoms with Crippen LogP contribution in [0.3, 0.4) is 0 Å². The van der Waals surface area contributed by atoms with Gasteiger partial charge in [0.2, 0.25) is 5.78 Å². The number of anilines is 3. The van der Waals surface area contributed by atoms with E-state index in [1.165, 1.54) is 41.2 Å².